The Labute approximate surface area is 463 Å². The van der Waals surface area contributed by atoms with Crippen molar-refractivity contribution in [2.24, 2.45) is 4.99 Å². The Morgan fingerprint density at radius 3 is 2.17 bits per heavy atom. The number of fused-ring (bicyclic) bond motifs is 2. The predicted molar refractivity (Wildman–Crippen MR) is 303 cm³/mol. The van der Waals surface area contributed by atoms with E-state index in [4.69, 9.17) is 55.5 Å². The largest absolute Gasteiger partial charge is 0.384 e. The number of aliphatic hydroxyl groups is 1. The monoisotopic (exact) mass is 1110 g/mol. The molecule has 0 saturated carbocycles. The van der Waals surface area contributed by atoms with Gasteiger partial charge in [0, 0.05) is 63.0 Å². The number of carbonyl (C=O) groups excluding carboxylic acids is 2. The molecule has 0 radical (unpaired) electrons. The van der Waals surface area contributed by atoms with Crippen LogP contribution >= 0.6 is 34.8 Å². The maximum absolute atomic E-state index is 15.4. The third-order valence-corrected chi connectivity index (χ3v) is 15.3. The van der Waals surface area contributed by atoms with E-state index in [2.05, 4.69) is 16.5 Å². The standard InChI is InChI=1S/C57H53Cl3F2N12O4/c1-7-45(75)69-22-24-71(32(5)28-69)52-37-26-39(58)48(36-14-8-9-16-41(36)61)65-54(37)73(56(77)67-52)43-17-11-13-34(47(43)60)18-21-46(76)70-23-25-72(33(6)29-70)53-38-27-40(59)49(50-42(62)19-20-44(63)64-50)66-55(38)74(57(78)68-53)51-31(4)12-10-15-35(51)30(2)3/h7-21,26-27,30,32-33,57,78H,1,22-25,28-29H2,2-6H3,(H2,63,64)/b21-18+/t32-,33-,57?/m0/s1. The van der Waals surface area contributed by atoms with Gasteiger partial charge < -0.3 is 30.4 Å². The molecule has 1 unspecified atom stereocenters. The number of aryl methyl sites for hydroxylation is 1. The summed E-state index contributed by atoms with van der Waals surface area (Å²) < 4.78 is 32.1. The lowest BCUT2D eigenvalue weighted by Crippen LogP contribution is -2.56. The first kappa shape index (κ1) is 53.6. The normalized spacial score (nSPS) is 17.8. The predicted octanol–water partition coefficient (Wildman–Crippen LogP) is 9.80. The Balaban J connectivity index is 0.956. The number of amidine groups is 1. The smallest absolute Gasteiger partial charge is 0.355 e. The molecule has 3 atom stereocenters. The van der Waals surface area contributed by atoms with Gasteiger partial charge in [-0.2, -0.15) is 4.98 Å². The van der Waals surface area contributed by atoms with Gasteiger partial charge in [0.1, 0.15) is 40.5 Å². The molecule has 2 amide bonds. The molecule has 2 saturated heterocycles. The van der Waals surface area contributed by atoms with Crippen LogP contribution in [0.15, 0.2) is 113 Å². The van der Waals surface area contributed by atoms with Gasteiger partial charge in [0.2, 0.25) is 18.2 Å². The maximum Gasteiger partial charge on any atom is 0.355 e. The fourth-order valence-corrected chi connectivity index (χ4v) is 11.2. The summed E-state index contributed by atoms with van der Waals surface area (Å²) in [4.78, 5) is 73.5. The summed E-state index contributed by atoms with van der Waals surface area (Å²) in [7, 11) is 0. The number of piperazine rings is 2. The molecule has 0 aliphatic carbocycles. The number of benzene rings is 3. The number of para-hydroxylation sites is 1. The van der Waals surface area contributed by atoms with Crippen molar-refractivity contribution >= 4 is 92.7 Å². The number of hydrogen-bond donors (Lipinski definition) is 2. The van der Waals surface area contributed by atoms with Gasteiger partial charge in [-0.15, -0.1) is 0 Å². The van der Waals surface area contributed by atoms with Crippen molar-refractivity contribution in [2.75, 3.05) is 54.8 Å². The SMILES string of the molecule is C=CC(=O)N1CCN(c2nc(=O)n(-c3cccc(/C=C/C(=O)N4CCN(C5=NC(O)N(c6c(C)cccc6C(C)C)c6nc(-c7nc(N)ccc7F)c(Cl)cc65)[C@@H](C)C4)c3Cl)c3nc(-c4ccccc4F)c(Cl)cc23)[C@@H](C)C1. The lowest BCUT2D eigenvalue weighted by Gasteiger charge is -2.44. The van der Waals surface area contributed by atoms with Crippen molar-refractivity contribution in [1.82, 2.24) is 39.2 Å². The molecule has 3 aliphatic rings. The first-order chi connectivity index (χ1) is 37.3. The number of aromatic nitrogens is 5. The molecule has 0 spiro atoms. The second-order valence-electron chi connectivity index (χ2n) is 19.7. The molecule has 2 fully saturated rings. The molecule has 10 rings (SSSR count). The topological polar surface area (TPSA) is 183 Å². The maximum atomic E-state index is 15.4. The highest BCUT2D eigenvalue weighted by Crippen LogP contribution is 2.44. The quantitative estimate of drug-likeness (QED) is 0.131. The summed E-state index contributed by atoms with van der Waals surface area (Å²) in [6.07, 6.45) is 2.76. The molecular formula is C57H53Cl3F2N12O4. The second-order valence-corrected chi connectivity index (χ2v) is 20.9. The van der Waals surface area contributed by atoms with E-state index >= 15 is 8.78 Å². The number of aliphatic hydroxyl groups excluding tert-OH is 1. The molecule has 3 aromatic carbocycles. The van der Waals surface area contributed by atoms with E-state index < -0.39 is 23.7 Å². The molecule has 4 aromatic heterocycles. The summed E-state index contributed by atoms with van der Waals surface area (Å²) in [5.74, 6) is -0.736. The van der Waals surface area contributed by atoms with Crippen molar-refractivity contribution in [3.8, 4) is 28.3 Å². The highest BCUT2D eigenvalue weighted by atomic mass is 35.5. The first-order valence-corrected chi connectivity index (χ1v) is 26.3. The summed E-state index contributed by atoms with van der Waals surface area (Å²) in [5.41, 5.74) is 9.00. The zero-order valence-electron chi connectivity index (χ0n) is 43.1. The van der Waals surface area contributed by atoms with Gasteiger partial charge in [0.05, 0.1) is 43.1 Å². The number of nitrogens with two attached hydrogens (primary N) is 1. The van der Waals surface area contributed by atoms with E-state index in [1.165, 1.54) is 41.0 Å². The number of amides is 2. The van der Waals surface area contributed by atoms with Crippen molar-refractivity contribution in [3.63, 3.8) is 0 Å². The van der Waals surface area contributed by atoms with Crippen LogP contribution < -0.4 is 21.2 Å². The second kappa shape index (κ2) is 21.6. The van der Waals surface area contributed by atoms with Crippen LogP contribution in [-0.2, 0) is 9.59 Å². The lowest BCUT2D eigenvalue weighted by molar-refractivity contribution is -0.128. The van der Waals surface area contributed by atoms with E-state index in [1.807, 2.05) is 62.6 Å². The average molecular weight is 1110 g/mol. The third kappa shape index (κ3) is 9.82. The van der Waals surface area contributed by atoms with E-state index in [0.29, 0.717) is 54.2 Å². The molecule has 78 heavy (non-hydrogen) atoms. The van der Waals surface area contributed by atoms with Gasteiger partial charge in [-0.3, -0.25) is 14.5 Å². The van der Waals surface area contributed by atoms with Crippen LogP contribution in [0.2, 0.25) is 15.1 Å². The van der Waals surface area contributed by atoms with Crippen LogP contribution in [0.4, 0.5) is 31.9 Å². The van der Waals surface area contributed by atoms with Gasteiger partial charge in [-0.1, -0.05) is 97.7 Å². The number of hydrogen-bond acceptors (Lipinski definition) is 13. The fourth-order valence-electron chi connectivity index (χ4n) is 10.5. The number of anilines is 4. The van der Waals surface area contributed by atoms with Crippen LogP contribution in [0.3, 0.4) is 0 Å². The molecule has 7 aromatic rings. The number of nitrogens with zero attached hydrogens (tertiary/aromatic N) is 11. The van der Waals surface area contributed by atoms with Gasteiger partial charge >= 0.3 is 5.69 Å². The Kier molecular flexibility index (Phi) is 14.8. The first-order valence-electron chi connectivity index (χ1n) is 25.2. The lowest BCUT2D eigenvalue weighted by atomic mass is 9.96. The van der Waals surface area contributed by atoms with E-state index in [9.17, 15) is 19.5 Å². The number of aliphatic imine (C=N–C) groups is 1. The van der Waals surface area contributed by atoms with Crippen LogP contribution in [0.5, 0.6) is 0 Å². The minimum atomic E-state index is -1.47. The van der Waals surface area contributed by atoms with E-state index in [1.54, 1.807) is 63.2 Å². The number of pyridine rings is 3. The fraction of sp³-hybridized carbons (Fsp3) is 0.263. The minimum Gasteiger partial charge on any atom is -0.384 e. The summed E-state index contributed by atoms with van der Waals surface area (Å²) in [5, 5.41) is 12.8. The molecular weight excluding hydrogens is 1060 g/mol. The van der Waals surface area contributed by atoms with Crippen LogP contribution in [0, 0.1) is 18.6 Å². The molecule has 0 bridgehead atoms. The Morgan fingerprint density at radius 2 is 1.46 bits per heavy atom. The highest BCUT2D eigenvalue weighted by molar-refractivity contribution is 6.35. The highest BCUT2D eigenvalue weighted by Gasteiger charge is 2.39. The van der Waals surface area contributed by atoms with Gasteiger partial charge in [0.15, 0.2) is 11.5 Å². The van der Waals surface area contributed by atoms with Crippen LogP contribution in [-0.4, -0.2) is 120 Å². The third-order valence-electron chi connectivity index (χ3n) is 14.3. The molecule has 16 nitrogen and oxygen atoms in total. The number of carbonyl (C=O) groups is 2. The number of rotatable bonds is 9. The van der Waals surface area contributed by atoms with Crippen molar-refractivity contribution in [1.29, 1.82) is 0 Å². The van der Waals surface area contributed by atoms with Crippen LogP contribution in [0.1, 0.15) is 55.9 Å². The van der Waals surface area contributed by atoms with E-state index in [0.717, 1.165) is 11.1 Å². The molecule has 7 heterocycles. The molecule has 400 valence electrons. The van der Waals surface area contributed by atoms with E-state index in [-0.39, 0.29) is 109 Å². The summed E-state index contributed by atoms with van der Waals surface area (Å²) >= 11 is 21.0. The van der Waals surface area contributed by atoms with Gasteiger partial charge in [-0.25, -0.2) is 38.1 Å². The van der Waals surface area contributed by atoms with Crippen molar-refractivity contribution < 1.29 is 23.5 Å². The number of halogens is 5. The zero-order valence-corrected chi connectivity index (χ0v) is 45.4. The van der Waals surface area contributed by atoms with Gasteiger partial charge in [-0.05, 0) is 98.0 Å². The summed E-state index contributed by atoms with van der Waals surface area (Å²) in [6, 6.07) is 22.0. The molecule has 3 N–H and O–H groups in total. The number of nitrogen functional groups attached to an aromatic ring is 1. The zero-order chi connectivity index (χ0) is 55.4. The summed E-state index contributed by atoms with van der Waals surface area (Å²) in [6.45, 7) is 15.3. The molecule has 3 aliphatic heterocycles. The van der Waals surface area contributed by atoms with Gasteiger partial charge in [0.25, 0.3) is 0 Å². The van der Waals surface area contributed by atoms with Crippen molar-refractivity contribution in [2.45, 2.75) is 59.0 Å². The van der Waals surface area contributed by atoms with Crippen molar-refractivity contribution in [3.05, 3.63) is 163 Å². The Morgan fingerprint density at radius 1 is 0.769 bits per heavy atom. The average Bonchev–Trinajstić information content (AvgIpc) is 3.41. The van der Waals surface area contributed by atoms with Crippen LogP contribution in [0.25, 0.3) is 45.4 Å². The minimum absolute atomic E-state index is 0.0317. The Bertz CT molecular complexity index is 3720. The Hall–Kier alpha value is -7.77. The molecule has 21 heteroatoms.